The van der Waals surface area contributed by atoms with Gasteiger partial charge >= 0.3 is 0 Å². The Hall–Kier alpha value is -1.41. The molecule has 0 aliphatic heterocycles. The van der Waals surface area contributed by atoms with Crippen LogP contribution in [-0.4, -0.2) is 11.8 Å². The molecular weight excluding hydrogens is 258 g/mol. The summed E-state index contributed by atoms with van der Waals surface area (Å²) < 4.78 is 0. The number of carbonyl (C=O) groups is 1. The molecule has 0 saturated heterocycles. The molecule has 0 amide bonds. The van der Waals surface area contributed by atoms with Crippen molar-refractivity contribution in [1.29, 1.82) is 0 Å². The summed E-state index contributed by atoms with van der Waals surface area (Å²) in [5, 5.41) is 0. The van der Waals surface area contributed by atoms with E-state index in [2.05, 4.69) is 27.7 Å². The van der Waals surface area contributed by atoms with Crippen LogP contribution in [0.3, 0.4) is 0 Å². The fourth-order valence-electron chi connectivity index (χ4n) is 2.83. The molecule has 2 unspecified atom stereocenters. The van der Waals surface area contributed by atoms with E-state index in [0.29, 0.717) is 11.5 Å². The highest BCUT2D eigenvalue weighted by Crippen LogP contribution is 2.39. The SMILES string of the molecule is CCC(C)(CC(C)(N)/C=C(/C=O)c1ccccc1)C(C)C. The van der Waals surface area contributed by atoms with Crippen molar-refractivity contribution < 1.29 is 4.79 Å². The first-order valence-electron chi connectivity index (χ1n) is 7.76. The highest BCUT2D eigenvalue weighted by molar-refractivity contribution is 6.07. The molecule has 0 saturated carbocycles. The molecule has 1 rings (SSSR count). The third-order valence-corrected chi connectivity index (χ3v) is 4.71. The van der Waals surface area contributed by atoms with Crippen LogP contribution >= 0.6 is 0 Å². The van der Waals surface area contributed by atoms with E-state index in [9.17, 15) is 4.79 Å². The van der Waals surface area contributed by atoms with Crippen molar-refractivity contribution in [3.63, 3.8) is 0 Å². The number of benzene rings is 1. The Morgan fingerprint density at radius 1 is 1.24 bits per heavy atom. The monoisotopic (exact) mass is 287 g/mol. The predicted octanol–water partition coefficient (Wildman–Crippen LogP) is 4.45. The van der Waals surface area contributed by atoms with E-state index in [-0.39, 0.29) is 5.41 Å². The molecule has 2 N–H and O–H groups in total. The average molecular weight is 287 g/mol. The van der Waals surface area contributed by atoms with Crippen LogP contribution in [0.2, 0.25) is 0 Å². The van der Waals surface area contributed by atoms with Crippen LogP contribution in [-0.2, 0) is 4.79 Å². The molecule has 1 aromatic carbocycles. The van der Waals surface area contributed by atoms with Crippen LogP contribution in [0.25, 0.3) is 5.57 Å². The summed E-state index contributed by atoms with van der Waals surface area (Å²) in [5.41, 5.74) is 7.76. The minimum absolute atomic E-state index is 0.171. The molecule has 2 heteroatoms. The first-order valence-corrected chi connectivity index (χ1v) is 7.76. The van der Waals surface area contributed by atoms with Crippen LogP contribution in [0.1, 0.15) is 53.0 Å². The Morgan fingerprint density at radius 2 is 1.81 bits per heavy atom. The van der Waals surface area contributed by atoms with Crippen molar-refractivity contribution in [2.45, 2.75) is 53.0 Å². The van der Waals surface area contributed by atoms with Crippen molar-refractivity contribution in [1.82, 2.24) is 0 Å². The van der Waals surface area contributed by atoms with Crippen LogP contribution in [0.5, 0.6) is 0 Å². The smallest absolute Gasteiger partial charge is 0.150 e. The second-order valence-electron chi connectivity index (χ2n) is 6.93. The summed E-state index contributed by atoms with van der Waals surface area (Å²) >= 11 is 0. The van der Waals surface area contributed by atoms with E-state index in [0.717, 1.165) is 24.7 Å². The van der Waals surface area contributed by atoms with Gasteiger partial charge in [0, 0.05) is 11.1 Å². The Labute approximate surface area is 129 Å². The molecule has 21 heavy (non-hydrogen) atoms. The Morgan fingerprint density at radius 3 is 2.24 bits per heavy atom. The molecule has 0 spiro atoms. The minimum Gasteiger partial charge on any atom is -0.322 e. The van der Waals surface area contributed by atoms with E-state index >= 15 is 0 Å². The standard InChI is InChI=1S/C19H29NO/c1-6-18(4,15(2)3)14-19(5,20)12-17(13-21)16-10-8-7-9-11-16/h7-13,15H,6,14,20H2,1-5H3/b17-12-. The fourth-order valence-corrected chi connectivity index (χ4v) is 2.83. The number of hydrogen-bond acceptors (Lipinski definition) is 2. The molecule has 0 heterocycles. The number of carbonyl (C=O) groups excluding carboxylic acids is 1. The quantitative estimate of drug-likeness (QED) is 0.595. The maximum Gasteiger partial charge on any atom is 0.150 e. The van der Waals surface area contributed by atoms with Gasteiger partial charge in [-0.2, -0.15) is 0 Å². The average Bonchev–Trinajstić information content (AvgIpc) is 2.45. The van der Waals surface area contributed by atoms with Gasteiger partial charge in [-0.25, -0.2) is 0 Å². The van der Waals surface area contributed by atoms with Gasteiger partial charge in [0.2, 0.25) is 0 Å². The van der Waals surface area contributed by atoms with Gasteiger partial charge in [0.15, 0.2) is 0 Å². The maximum atomic E-state index is 11.4. The van der Waals surface area contributed by atoms with Gasteiger partial charge in [0.1, 0.15) is 6.29 Å². The zero-order valence-corrected chi connectivity index (χ0v) is 14.0. The van der Waals surface area contributed by atoms with E-state index in [1.165, 1.54) is 0 Å². The van der Waals surface area contributed by atoms with Crippen molar-refractivity contribution in [3.05, 3.63) is 42.0 Å². The van der Waals surface area contributed by atoms with E-state index in [4.69, 9.17) is 5.73 Å². The molecule has 0 aromatic heterocycles. The lowest BCUT2D eigenvalue weighted by atomic mass is 9.69. The lowest BCUT2D eigenvalue weighted by Gasteiger charge is -2.39. The van der Waals surface area contributed by atoms with Gasteiger partial charge in [0.05, 0.1) is 0 Å². The number of hydrogen-bond donors (Lipinski definition) is 1. The van der Waals surface area contributed by atoms with Crippen LogP contribution < -0.4 is 5.73 Å². The number of nitrogens with two attached hydrogens (primary N) is 1. The molecule has 116 valence electrons. The van der Waals surface area contributed by atoms with Gasteiger partial charge in [-0.3, -0.25) is 4.79 Å². The lowest BCUT2D eigenvalue weighted by molar-refractivity contribution is -0.103. The second kappa shape index (κ2) is 7.04. The lowest BCUT2D eigenvalue weighted by Crippen LogP contribution is -2.41. The van der Waals surface area contributed by atoms with Crippen LogP contribution in [0.4, 0.5) is 0 Å². The van der Waals surface area contributed by atoms with Crippen molar-refractivity contribution >= 4 is 11.9 Å². The Kier molecular flexibility index (Phi) is 5.91. The molecular formula is C19H29NO. The second-order valence-corrected chi connectivity index (χ2v) is 6.93. The first kappa shape index (κ1) is 17.6. The van der Waals surface area contributed by atoms with E-state index < -0.39 is 5.54 Å². The van der Waals surface area contributed by atoms with Gasteiger partial charge in [-0.15, -0.1) is 0 Å². The molecule has 0 radical (unpaired) electrons. The summed E-state index contributed by atoms with van der Waals surface area (Å²) in [6, 6.07) is 9.70. The van der Waals surface area contributed by atoms with Gasteiger partial charge in [-0.05, 0) is 30.2 Å². The van der Waals surface area contributed by atoms with Crippen molar-refractivity contribution in [2.24, 2.45) is 17.1 Å². The van der Waals surface area contributed by atoms with E-state index in [1.807, 2.05) is 43.3 Å². The van der Waals surface area contributed by atoms with Crippen LogP contribution in [0, 0.1) is 11.3 Å². The van der Waals surface area contributed by atoms with Gasteiger partial charge in [0.25, 0.3) is 0 Å². The molecule has 0 bridgehead atoms. The largest absolute Gasteiger partial charge is 0.322 e. The van der Waals surface area contributed by atoms with E-state index in [1.54, 1.807) is 0 Å². The zero-order valence-electron chi connectivity index (χ0n) is 14.0. The normalized spacial score (nSPS) is 18.1. The van der Waals surface area contributed by atoms with Crippen LogP contribution in [0.15, 0.2) is 36.4 Å². The highest BCUT2D eigenvalue weighted by Gasteiger charge is 2.33. The number of aldehydes is 1. The van der Waals surface area contributed by atoms with Crippen molar-refractivity contribution in [2.75, 3.05) is 0 Å². The predicted molar refractivity (Wildman–Crippen MR) is 90.9 cm³/mol. The molecule has 2 atom stereocenters. The Bertz CT molecular complexity index is 488. The summed E-state index contributed by atoms with van der Waals surface area (Å²) in [6.07, 6.45) is 4.76. The number of rotatable bonds is 7. The maximum absolute atomic E-state index is 11.4. The first-order chi connectivity index (χ1) is 9.74. The van der Waals surface area contributed by atoms with Crippen molar-refractivity contribution in [3.8, 4) is 0 Å². The topological polar surface area (TPSA) is 43.1 Å². The summed E-state index contributed by atoms with van der Waals surface area (Å²) in [5.74, 6) is 0.551. The molecule has 1 aromatic rings. The summed E-state index contributed by atoms with van der Waals surface area (Å²) in [6.45, 7) is 11.0. The number of allylic oxidation sites excluding steroid dienone is 1. The highest BCUT2D eigenvalue weighted by atomic mass is 16.1. The molecule has 0 aliphatic carbocycles. The molecule has 0 fully saturated rings. The fraction of sp³-hybridized carbons (Fsp3) is 0.526. The Balaban J connectivity index is 3.06. The zero-order chi connectivity index (χ0) is 16.1. The summed E-state index contributed by atoms with van der Waals surface area (Å²) in [7, 11) is 0. The molecule has 0 aliphatic rings. The van der Waals surface area contributed by atoms with Gasteiger partial charge in [-0.1, -0.05) is 70.5 Å². The third kappa shape index (κ3) is 4.82. The molecule has 2 nitrogen and oxygen atoms in total. The van der Waals surface area contributed by atoms with Gasteiger partial charge < -0.3 is 5.73 Å². The summed E-state index contributed by atoms with van der Waals surface area (Å²) in [4.78, 5) is 11.4. The minimum atomic E-state index is -0.499. The third-order valence-electron chi connectivity index (χ3n) is 4.71.